The maximum atomic E-state index is 12.6. The molecule has 0 saturated carbocycles. The molecule has 1 atom stereocenters. The van der Waals surface area contributed by atoms with Crippen LogP contribution in [0.3, 0.4) is 0 Å². The number of hydrogen-bond acceptors (Lipinski definition) is 2. The predicted molar refractivity (Wildman–Crippen MR) is 60.7 cm³/mol. The highest BCUT2D eigenvalue weighted by molar-refractivity contribution is 5.28. The van der Waals surface area contributed by atoms with Crippen LogP contribution < -0.4 is 5.73 Å². The number of aromatic nitrogens is 2. The summed E-state index contributed by atoms with van der Waals surface area (Å²) in [5, 5.41) is 0. The van der Waals surface area contributed by atoms with Gasteiger partial charge in [-0.15, -0.1) is 0 Å². The number of nitrogens with one attached hydrogen (secondary N) is 1. The van der Waals surface area contributed by atoms with Crippen molar-refractivity contribution in [3.63, 3.8) is 0 Å². The van der Waals surface area contributed by atoms with E-state index in [0.717, 1.165) is 17.8 Å². The van der Waals surface area contributed by atoms with E-state index < -0.39 is 17.8 Å². The van der Waals surface area contributed by atoms with E-state index in [1.807, 2.05) is 0 Å². The molecular formula is C12H12F3N3. The van der Waals surface area contributed by atoms with Crippen LogP contribution in [0.2, 0.25) is 0 Å². The molecule has 2 aromatic rings. The molecule has 18 heavy (non-hydrogen) atoms. The Hall–Kier alpha value is -1.82. The largest absolute Gasteiger partial charge is 0.416 e. The average molecular weight is 255 g/mol. The lowest BCUT2D eigenvalue weighted by molar-refractivity contribution is -0.137. The van der Waals surface area contributed by atoms with Gasteiger partial charge in [-0.2, -0.15) is 13.2 Å². The van der Waals surface area contributed by atoms with Gasteiger partial charge in [0.25, 0.3) is 0 Å². The lowest BCUT2D eigenvalue weighted by Gasteiger charge is -2.13. The molecule has 1 heterocycles. The van der Waals surface area contributed by atoms with Gasteiger partial charge in [0, 0.05) is 24.4 Å². The third-order valence-electron chi connectivity index (χ3n) is 2.64. The summed E-state index contributed by atoms with van der Waals surface area (Å²) in [5.41, 5.74) is 6.45. The first-order valence-corrected chi connectivity index (χ1v) is 5.37. The third kappa shape index (κ3) is 2.89. The molecule has 0 amide bonds. The Morgan fingerprint density at radius 1 is 1.33 bits per heavy atom. The van der Waals surface area contributed by atoms with Crippen LogP contribution in [0.15, 0.2) is 36.8 Å². The SMILES string of the molecule is NC(Cc1cnc[nH]1)c1cccc(C(F)(F)F)c1. The first kappa shape index (κ1) is 12.6. The van der Waals surface area contributed by atoms with Gasteiger partial charge < -0.3 is 10.7 Å². The number of aromatic amines is 1. The lowest BCUT2D eigenvalue weighted by Crippen LogP contribution is -2.15. The summed E-state index contributed by atoms with van der Waals surface area (Å²) in [6.07, 6.45) is -0.813. The third-order valence-corrected chi connectivity index (χ3v) is 2.64. The molecule has 3 N–H and O–H groups in total. The molecule has 2 rings (SSSR count). The lowest BCUT2D eigenvalue weighted by atomic mass is 10.0. The van der Waals surface area contributed by atoms with Crippen LogP contribution in [0.25, 0.3) is 0 Å². The molecule has 96 valence electrons. The molecule has 1 aromatic carbocycles. The van der Waals surface area contributed by atoms with Gasteiger partial charge in [-0.05, 0) is 17.7 Å². The molecule has 0 aliphatic carbocycles. The van der Waals surface area contributed by atoms with Crippen molar-refractivity contribution in [3.05, 3.63) is 53.6 Å². The van der Waals surface area contributed by atoms with Crippen molar-refractivity contribution in [1.82, 2.24) is 9.97 Å². The van der Waals surface area contributed by atoms with Crippen molar-refractivity contribution >= 4 is 0 Å². The van der Waals surface area contributed by atoms with E-state index in [-0.39, 0.29) is 0 Å². The van der Waals surface area contributed by atoms with Gasteiger partial charge in [-0.25, -0.2) is 4.98 Å². The quantitative estimate of drug-likeness (QED) is 0.885. The molecule has 0 aliphatic rings. The molecule has 0 bridgehead atoms. The van der Waals surface area contributed by atoms with E-state index in [1.54, 1.807) is 12.3 Å². The van der Waals surface area contributed by atoms with Crippen molar-refractivity contribution < 1.29 is 13.2 Å². The van der Waals surface area contributed by atoms with E-state index in [9.17, 15) is 13.2 Å². The highest BCUT2D eigenvalue weighted by atomic mass is 19.4. The Labute approximate surface area is 102 Å². The van der Waals surface area contributed by atoms with Crippen molar-refractivity contribution in [2.75, 3.05) is 0 Å². The molecule has 1 aromatic heterocycles. The van der Waals surface area contributed by atoms with Crippen LogP contribution in [0, 0.1) is 0 Å². The monoisotopic (exact) mass is 255 g/mol. The van der Waals surface area contributed by atoms with Gasteiger partial charge in [0.1, 0.15) is 0 Å². The van der Waals surface area contributed by atoms with Gasteiger partial charge >= 0.3 is 6.18 Å². The number of nitrogens with two attached hydrogens (primary N) is 1. The fourth-order valence-corrected chi connectivity index (χ4v) is 1.70. The Morgan fingerprint density at radius 2 is 2.11 bits per heavy atom. The number of benzene rings is 1. The second-order valence-corrected chi connectivity index (χ2v) is 4.01. The van der Waals surface area contributed by atoms with E-state index in [2.05, 4.69) is 9.97 Å². The van der Waals surface area contributed by atoms with Gasteiger partial charge in [0.05, 0.1) is 11.9 Å². The van der Waals surface area contributed by atoms with Crippen LogP contribution in [-0.2, 0) is 12.6 Å². The number of halogens is 3. The molecule has 0 spiro atoms. The maximum Gasteiger partial charge on any atom is 0.416 e. The Morgan fingerprint density at radius 3 is 2.72 bits per heavy atom. The van der Waals surface area contributed by atoms with Crippen LogP contribution in [-0.4, -0.2) is 9.97 Å². The fraction of sp³-hybridized carbons (Fsp3) is 0.250. The summed E-state index contributed by atoms with van der Waals surface area (Å²) in [5.74, 6) is 0. The van der Waals surface area contributed by atoms with Gasteiger partial charge in [0.2, 0.25) is 0 Å². The molecule has 0 aliphatic heterocycles. The fourth-order valence-electron chi connectivity index (χ4n) is 1.70. The molecular weight excluding hydrogens is 243 g/mol. The van der Waals surface area contributed by atoms with E-state index in [4.69, 9.17) is 5.73 Å². The molecule has 0 saturated heterocycles. The summed E-state index contributed by atoms with van der Waals surface area (Å²) in [6.45, 7) is 0. The van der Waals surface area contributed by atoms with E-state index >= 15 is 0 Å². The van der Waals surface area contributed by atoms with Gasteiger partial charge in [-0.1, -0.05) is 12.1 Å². The minimum Gasteiger partial charge on any atom is -0.348 e. The topological polar surface area (TPSA) is 54.7 Å². The van der Waals surface area contributed by atoms with Crippen LogP contribution >= 0.6 is 0 Å². The van der Waals surface area contributed by atoms with Gasteiger partial charge in [0.15, 0.2) is 0 Å². The Bertz CT molecular complexity index is 506. The number of alkyl halides is 3. The van der Waals surface area contributed by atoms with E-state index in [1.165, 1.54) is 12.4 Å². The highest BCUT2D eigenvalue weighted by Crippen LogP contribution is 2.30. The predicted octanol–water partition coefficient (Wildman–Crippen LogP) is 2.67. The molecule has 0 fully saturated rings. The smallest absolute Gasteiger partial charge is 0.348 e. The number of nitrogens with zero attached hydrogens (tertiary/aromatic N) is 1. The standard InChI is InChI=1S/C12H12F3N3/c13-12(14,15)9-3-1-2-8(4-9)11(16)5-10-6-17-7-18-10/h1-4,6-7,11H,5,16H2,(H,17,18). The van der Waals surface area contributed by atoms with Crippen molar-refractivity contribution in [2.24, 2.45) is 5.73 Å². The normalized spacial score (nSPS) is 13.6. The molecule has 1 unspecified atom stereocenters. The minimum atomic E-state index is -4.34. The summed E-state index contributed by atoms with van der Waals surface area (Å²) < 4.78 is 37.7. The molecule has 6 heteroatoms. The Balaban J connectivity index is 2.18. The van der Waals surface area contributed by atoms with Crippen molar-refractivity contribution in [1.29, 1.82) is 0 Å². The zero-order chi connectivity index (χ0) is 13.2. The summed E-state index contributed by atoms with van der Waals surface area (Å²) in [7, 11) is 0. The second kappa shape index (κ2) is 4.81. The molecule has 3 nitrogen and oxygen atoms in total. The zero-order valence-corrected chi connectivity index (χ0v) is 9.41. The van der Waals surface area contributed by atoms with Crippen LogP contribution in [0.1, 0.15) is 22.9 Å². The molecule has 0 radical (unpaired) electrons. The maximum absolute atomic E-state index is 12.6. The zero-order valence-electron chi connectivity index (χ0n) is 9.41. The van der Waals surface area contributed by atoms with Crippen molar-refractivity contribution in [2.45, 2.75) is 18.6 Å². The van der Waals surface area contributed by atoms with Crippen LogP contribution in [0.4, 0.5) is 13.2 Å². The Kier molecular flexibility index (Phi) is 3.38. The number of hydrogen-bond donors (Lipinski definition) is 2. The van der Waals surface area contributed by atoms with Crippen molar-refractivity contribution in [3.8, 4) is 0 Å². The first-order chi connectivity index (χ1) is 8.47. The summed E-state index contributed by atoms with van der Waals surface area (Å²) >= 11 is 0. The van der Waals surface area contributed by atoms with Crippen LogP contribution in [0.5, 0.6) is 0 Å². The second-order valence-electron chi connectivity index (χ2n) is 4.01. The summed E-state index contributed by atoms with van der Waals surface area (Å²) in [4.78, 5) is 6.70. The first-order valence-electron chi connectivity index (χ1n) is 5.37. The average Bonchev–Trinajstić information content (AvgIpc) is 2.81. The van der Waals surface area contributed by atoms with Gasteiger partial charge in [-0.3, -0.25) is 0 Å². The number of rotatable bonds is 3. The number of imidazole rings is 1. The number of H-pyrrole nitrogens is 1. The minimum absolute atomic E-state index is 0.418. The summed E-state index contributed by atoms with van der Waals surface area (Å²) in [6, 6.07) is 4.59. The highest BCUT2D eigenvalue weighted by Gasteiger charge is 2.30. The van der Waals surface area contributed by atoms with E-state index in [0.29, 0.717) is 12.0 Å².